The fraction of sp³-hybridized carbons (Fsp3) is 0.368. The normalized spacial score (nSPS) is 14.7. The molecule has 1 aliphatic rings. The lowest BCUT2D eigenvalue weighted by Crippen LogP contribution is -2.41. The summed E-state index contributed by atoms with van der Waals surface area (Å²) in [6.07, 6.45) is 1.37. The van der Waals surface area contributed by atoms with Gasteiger partial charge in [-0.1, -0.05) is 0 Å². The third-order valence-corrected chi connectivity index (χ3v) is 4.34. The largest absolute Gasteiger partial charge is 0.467 e. The molecular weight excluding hydrogens is 348 g/mol. The Morgan fingerprint density at radius 3 is 2.48 bits per heavy atom. The molecule has 0 aliphatic carbocycles. The van der Waals surface area contributed by atoms with Crippen LogP contribution >= 0.6 is 0 Å². The van der Waals surface area contributed by atoms with Crippen molar-refractivity contribution in [2.75, 3.05) is 44.7 Å². The minimum Gasteiger partial charge on any atom is -0.467 e. The van der Waals surface area contributed by atoms with Crippen LogP contribution < -0.4 is 16.4 Å². The molecule has 0 saturated carbocycles. The molecule has 1 aliphatic heterocycles. The quantitative estimate of drug-likeness (QED) is 0.670. The molecule has 0 radical (unpaired) electrons. The third-order valence-electron chi connectivity index (χ3n) is 4.34. The maximum atomic E-state index is 12.2. The zero-order chi connectivity index (χ0) is 19.1. The first-order chi connectivity index (χ1) is 13.2. The highest BCUT2D eigenvalue weighted by atomic mass is 16.5. The van der Waals surface area contributed by atoms with Crippen molar-refractivity contribution in [3.63, 3.8) is 0 Å². The van der Waals surface area contributed by atoms with Gasteiger partial charge in [-0.3, -0.25) is 14.5 Å². The Hall–Kier alpha value is -2.68. The number of ether oxygens (including phenoxy) is 1. The standard InChI is InChI=1S/C19H24N4O4/c20-12-17-11-15(13-27-17)19(25)22-16-3-1-14(2-4-16)18(24)21-5-6-23-7-9-26-10-8-23/h1-4,11,13H,5-10,12,20H2,(H,21,24)(H,22,25). The molecule has 4 N–H and O–H groups in total. The lowest BCUT2D eigenvalue weighted by molar-refractivity contribution is 0.0383. The van der Waals surface area contributed by atoms with E-state index >= 15 is 0 Å². The molecule has 8 nitrogen and oxygen atoms in total. The fourth-order valence-corrected chi connectivity index (χ4v) is 2.77. The van der Waals surface area contributed by atoms with Crippen LogP contribution in [0.25, 0.3) is 0 Å². The highest BCUT2D eigenvalue weighted by Crippen LogP contribution is 2.13. The SMILES string of the molecule is NCc1cc(C(=O)Nc2ccc(C(=O)NCCN3CCOCC3)cc2)co1. The van der Waals surface area contributed by atoms with E-state index < -0.39 is 0 Å². The fourth-order valence-electron chi connectivity index (χ4n) is 2.77. The van der Waals surface area contributed by atoms with Gasteiger partial charge in [0.1, 0.15) is 12.0 Å². The second-order valence-electron chi connectivity index (χ2n) is 6.25. The maximum Gasteiger partial charge on any atom is 0.258 e. The second-order valence-corrected chi connectivity index (χ2v) is 6.25. The van der Waals surface area contributed by atoms with Crippen molar-refractivity contribution >= 4 is 17.5 Å². The van der Waals surface area contributed by atoms with E-state index in [-0.39, 0.29) is 18.4 Å². The van der Waals surface area contributed by atoms with E-state index in [1.165, 1.54) is 6.26 Å². The van der Waals surface area contributed by atoms with Gasteiger partial charge >= 0.3 is 0 Å². The number of furan rings is 1. The van der Waals surface area contributed by atoms with Gasteiger partial charge in [-0.15, -0.1) is 0 Å². The second kappa shape index (κ2) is 9.31. The number of benzene rings is 1. The van der Waals surface area contributed by atoms with Gasteiger partial charge in [-0.05, 0) is 30.3 Å². The number of hydrogen-bond acceptors (Lipinski definition) is 6. The molecule has 2 heterocycles. The summed E-state index contributed by atoms with van der Waals surface area (Å²) < 4.78 is 10.5. The summed E-state index contributed by atoms with van der Waals surface area (Å²) in [4.78, 5) is 26.6. The van der Waals surface area contributed by atoms with E-state index in [0.29, 0.717) is 29.1 Å². The molecule has 0 atom stereocenters. The summed E-state index contributed by atoms with van der Waals surface area (Å²) in [5, 5.41) is 5.67. The Bertz CT molecular complexity index is 766. The van der Waals surface area contributed by atoms with Gasteiger partial charge in [0.15, 0.2) is 0 Å². The zero-order valence-corrected chi connectivity index (χ0v) is 15.1. The molecule has 144 valence electrons. The van der Waals surface area contributed by atoms with Crippen molar-refractivity contribution < 1.29 is 18.7 Å². The highest BCUT2D eigenvalue weighted by Gasteiger charge is 2.12. The average Bonchev–Trinajstić information content (AvgIpc) is 3.19. The van der Waals surface area contributed by atoms with E-state index in [2.05, 4.69) is 15.5 Å². The Morgan fingerprint density at radius 1 is 1.07 bits per heavy atom. The molecule has 3 rings (SSSR count). The molecule has 2 amide bonds. The van der Waals surface area contributed by atoms with E-state index in [1.54, 1.807) is 30.3 Å². The molecular formula is C19H24N4O4. The molecule has 2 aromatic rings. The summed E-state index contributed by atoms with van der Waals surface area (Å²) in [5.74, 6) is 0.119. The van der Waals surface area contributed by atoms with Crippen LogP contribution in [-0.2, 0) is 11.3 Å². The molecule has 0 spiro atoms. The first-order valence-electron chi connectivity index (χ1n) is 8.93. The number of rotatable bonds is 7. The van der Waals surface area contributed by atoms with Crippen LogP contribution in [0, 0.1) is 0 Å². The van der Waals surface area contributed by atoms with E-state index in [4.69, 9.17) is 14.9 Å². The van der Waals surface area contributed by atoms with Gasteiger partial charge in [0.2, 0.25) is 0 Å². The Morgan fingerprint density at radius 2 is 1.81 bits per heavy atom. The average molecular weight is 372 g/mol. The molecule has 1 aromatic heterocycles. The zero-order valence-electron chi connectivity index (χ0n) is 15.1. The summed E-state index contributed by atoms with van der Waals surface area (Å²) in [6.45, 7) is 4.91. The van der Waals surface area contributed by atoms with E-state index in [9.17, 15) is 9.59 Å². The van der Waals surface area contributed by atoms with Crippen molar-refractivity contribution in [2.24, 2.45) is 5.73 Å². The first-order valence-corrected chi connectivity index (χ1v) is 8.93. The number of carbonyl (C=O) groups excluding carboxylic acids is 2. The minimum atomic E-state index is -0.291. The van der Waals surface area contributed by atoms with Crippen molar-refractivity contribution in [3.05, 3.63) is 53.5 Å². The summed E-state index contributed by atoms with van der Waals surface area (Å²) in [7, 11) is 0. The lowest BCUT2D eigenvalue weighted by atomic mass is 10.2. The van der Waals surface area contributed by atoms with Crippen LogP contribution in [0.1, 0.15) is 26.5 Å². The number of morpholine rings is 1. The number of nitrogens with zero attached hydrogens (tertiary/aromatic N) is 1. The summed E-state index contributed by atoms with van der Waals surface area (Å²) in [6, 6.07) is 8.35. The predicted molar refractivity (Wildman–Crippen MR) is 101 cm³/mol. The van der Waals surface area contributed by atoms with Crippen LogP contribution in [0.3, 0.4) is 0 Å². The van der Waals surface area contributed by atoms with E-state index in [0.717, 1.165) is 32.8 Å². The van der Waals surface area contributed by atoms with Crippen LogP contribution in [0.2, 0.25) is 0 Å². The number of carbonyl (C=O) groups is 2. The predicted octanol–water partition coefficient (Wildman–Crippen LogP) is 1.05. The third kappa shape index (κ3) is 5.40. The smallest absolute Gasteiger partial charge is 0.258 e. The van der Waals surface area contributed by atoms with Gasteiger partial charge in [0, 0.05) is 37.4 Å². The Kier molecular flexibility index (Phi) is 6.59. The van der Waals surface area contributed by atoms with Gasteiger partial charge in [0.05, 0.1) is 25.3 Å². The van der Waals surface area contributed by atoms with Crippen LogP contribution in [0.5, 0.6) is 0 Å². The first kappa shape index (κ1) is 19.1. The maximum absolute atomic E-state index is 12.2. The number of nitrogens with two attached hydrogens (primary N) is 1. The van der Waals surface area contributed by atoms with E-state index in [1.807, 2.05) is 0 Å². The topological polar surface area (TPSA) is 110 Å². The number of nitrogens with one attached hydrogen (secondary N) is 2. The van der Waals surface area contributed by atoms with Gasteiger partial charge in [-0.2, -0.15) is 0 Å². The molecule has 8 heteroatoms. The lowest BCUT2D eigenvalue weighted by Gasteiger charge is -2.26. The van der Waals surface area contributed by atoms with Crippen LogP contribution in [0.4, 0.5) is 5.69 Å². The van der Waals surface area contributed by atoms with Crippen molar-refractivity contribution in [3.8, 4) is 0 Å². The molecule has 1 saturated heterocycles. The number of anilines is 1. The molecule has 0 bridgehead atoms. The van der Waals surface area contributed by atoms with Gasteiger partial charge < -0.3 is 25.5 Å². The van der Waals surface area contributed by atoms with Crippen molar-refractivity contribution in [1.29, 1.82) is 0 Å². The van der Waals surface area contributed by atoms with Crippen LogP contribution in [0.15, 0.2) is 41.0 Å². The Labute approximate surface area is 157 Å². The van der Waals surface area contributed by atoms with Gasteiger partial charge in [-0.25, -0.2) is 0 Å². The minimum absolute atomic E-state index is 0.136. The molecule has 1 aromatic carbocycles. The molecule has 27 heavy (non-hydrogen) atoms. The number of amides is 2. The summed E-state index contributed by atoms with van der Waals surface area (Å²) in [5.41, 5.74) is 7.01. The van der Waals surface area contributed by atoms with Crippen molar-refractivity contribution in [2.45, 2.75) is 6.54 Å². The highest BCUT2D eigenvalue weighted by molar-refractivity contribution is 6.04. The number of hydrogen-bond donors (Lipinski definition) is 3. The van der Waals surface area contributed by atoms with Crippen molar-refractivity contribution in [1.82, 2.24) is 10.2 Å². The summed E-state index contributed by atoms with van der Waals surface area (Å²) >= 11 is 0. The Balaban J connectivity index is 1.47. The monoisotopic (exact) mass is 372 g/mol. The molecule has 1 fully saturated rings. The molecule has 0 unspecified atom stereocenters. The van der Waals surface area contributed by atoms with Gasteiger partial charge in [0.25, 0.3) is 11.8 Å². The van der Waals surface area contributed by atoms with Crippen LogP contribution in [-0.4, -0.2) is 56.1 Å².